The molecule has 2 N–H and O–H groups in total. The molecule has 0 amide bonds. The molecule has 0 fully saturated rings. The third-order valence-electron chi connectivity index (χ3n) is 5.14. The number of aliphatic imine (C=N–C) groups is 1. The van der Waals surface area contributed by atoms with Gasteiger partial charge in [-0.25, -0.2) is 0 Å². The molecule has 2 rings (SSSR count). The lowest BCUT2D eigenvalue weighted by Crippen LogP contribution is -2.47. The molecule has 0 atom stereocenters. The summed E-state index contributed by atoms with van der Waals surface area (Å²) in [5.41, 5.74) is 7.05. The number of ether oxygens (including phenoxy) is 4. The molecule has 0 bridgehead atoms. The fraction of sp³-hybridized carbons (Fsp3) is 0.280. The Morgan fingerprint density at radius 3 is 1.74 bits per heavy atom. The van der Waals surface area contributed by atoms with E-state index < -0.39 is 0 Å². The first-order valence-electron chi connectivity index (χ1n) is 11.1. The van der Waals surface area contributed by atoms with E-state index in [4.69, 9.17) is 50.0 Å². The van der Waals surface area contributed by atoms with Gasteiger partial charge in [0.1, 0.15) is 38.1 Å². The molecular formula is C25H28N8O4S2. The van der Waals surface area contributed by atoms with Crippen LogP contribution in [0.3, 0.4) is 0 Å². The fourth-order valence-electron chi connectivity index (χ4n) is 3.39. The molecule has 0 aliphatic heterocycles. The second kappa shape index (κ2) is 14.9. The molecule has 2 aromatic carbocycles. The van der Waals surface area contributed by atoms with Crippen LogP contribution in [0.25, 0.3) is 4.95 Å². The minimum Gasteiger partial charge on any atom is -0.497 e. The average molecular weight is 569 g/mol. The third kappa shape index (κ3) is 8.16. The summed E-state index contributed by atoms with van der Waals surface area (Å²) in [7, 11) is 9.42. The van der Waals surface area contributed by atoms with Crippen molar-refractivity contribution < 1.29 is 18.9 Å². The van der Waals surface area contributed by atoms with Crippen LogP contribution in [0.2, 0.25) is 0 Å². The van der Waals surface area contributed by atoms with Crippen LogP contribution in [-0.4, -0.2) is 74.2 Å². The van der Waals surface area contributed by atoms with Crippen molar-refractivity contribution in [1.82, 2.24) is 20.9 Å². The predicted molar refractivity (Wildman–Crippen MR) is 156 cm³/mol. The second-order valence-corrected chi connectivity index (χ2v) is 8.54. The maximum Gasteiger partial charge on any atom is 0.241 e. The Morgan fingerprint density at radius 2 is 1.33 bits per heavy atom. The second-order valence-electron chi connectivity index (χ2n) is 7.56. The summed E-state index contributed by atoms with van der Waals surface area (Å²) in [6.45, 7) is 7.27. The van der Waals surface area contributed by atoms with Gasteiger partial charge in [0.2, 0.25) is 12.0 Å². The topological polar surface area (TPSA) is 120 Å². The molecule has 0 aliphatic rings. The lowest BCUT2D eigenvalue weighted by molar-refractivity contribution is 0.398. The van der Waals surface area contributed by atoms with Crippen LogP contribution in [0.4, 0.5) is 0 Å². The van der Waals surface area contributed by atoms with Gasteiger partial charge in [0.15, 0.2) is 5.84 Å². The number of benzene rings is 2. The molecule has 0 radical (unpaired) electrons. The van der Waals surface area contributed by atoms with Gasteiger partial charge >= 0.3 is 0 Å². The van der Waals surface area contributed by atoms with Crippen molar-refractivity contribution in [3.63, 3.8) is 0 Å². The highest BCUT2D eigenvalue weighted by molar-refractivity contribution is 7.82. The van der Waals surface area contributed by atoms with Crippen molar-refractivity contribution in [2.24, 2.45) is 10.1 Å². The summed E-state index contributed by atoms with van der Waals surface area (Å²) in [6, 6.07) is 10.3. The van der Waals surface area contributed by atoms with Gasteiger partial charge in [-0.2, -0.15) is 16.8 Å². The van der Waals surface area contributed by atoms with E-state index in [1.165, 1.54) is 38.5 Å². The number of rotatable bonds is 8. The Morgan fingerprint density at radius 1 is 0.872 bits per heavy atom. The Labute approximate surface area is 238 Å². The summed E-state index contributed by atoms with van der Waals surface area (Å²) in [5, 5.41) is 16.2. The molecule has 12 nitrogen and oxygen atoms in total. The van der Waals surface area contributed by atoms with Gasteiger partial charge in [0, 0.05) is 14.1 Å². The van der Waals surface area contributed by atoms with Crippen molar-refractivity contribution in [2.45, 2.75) is 6.42 Å². The highest BCUT2D eigenvalue weighted by Crippen LogP contribution is 2.26. The van der Waals surface area contributed by atoms with Crippen LogP contribution < -0.4 is 29.8 Å². The van der Waals surface area contributed by atoms with E-state index in [1.807, 2.05) is 0 Å². The molecule has 0 spiro atoms. The SMILES string of the molecule is [C-]#[N+]/N=C(\c1cc(OC)ccc1OC)N(C)NC(=S)CC(=S)NN(C)C(=NC#N)c1cc(OC)ccc1OC. The normalized spacial score (nSPS) is 10.9. The van der Waals surface area contributed by atoms with Gasteiger partial charge < -0.3 is 18.9 Å². The number of thiocarbonyl (C=S) groups is 2. The van der Waals surface area contributed by atoms with Crippen LogP contribution >= 0.6 is 24.4 Å². The monoisotopic (exact) mass is 568 g/mol. The molecule has 204 valence electrons. The van der Waals surface area contributed by atoms with Crippen molar-refractivity contribution in [3.05, 3.63) is 59.1 Å². The minimum absolute atomic E-state index is 0.134. The van der Waals surface area contributed by atoms with E-state index in [1.54, 1.807) is 56.7 Å². The quantitative estimate of drug-likeness (QED) is 0.122. The molecule has 0 heterocycles. The first-order chi connectivity index (χ1) is 18.7. The van der Waals surface area contributed by atoms with Gasteiger partial charge in [-0.3, -0.25) is 20.9 Å². The maximum absolute atomic E-state index is 9.29. The van der Waals surface area contributed by atoms with Crippen molar-refractivity contribution in [1.29, 1.82) is 5.26 Å². The molecule has 14 heteroatoms. The molecule has 0 aromatic heterocycles. The van der Waals surface area contributed by atoms with Crippen molar-refractivity contribution >= 4 is 46.1 Å². The number of hydrogen-bond acceptors (Lipinski definition) is 9. The smallest absolute Gasteiger partial charge is 0.241 e. The Kier molecular flexibility index (Phi) is 11.7. The van der Waals surface area contributed by atoms with Gasteiger partial charge in [-0.05, 0) is 36.4 Å². The number of hydrazine groups is 2. The molecule has 2 aromatic rings. The Bertz CT molecular complexity index is 1250. The van der Waals surface area contributed by atoms with E-state index in [2.05, 4.69) is 25.9 Å². The van der Waals surface area contributed by atoms with Crippen LogP contribution in [0.15, 0.2) is 46.5 Å². The Hall–Kier alpha value is -4.66. The first-order valence-corrected chi connectivity index (χ1v) is 12.0. The molecule has 0 aliphatic carbocycles. The maximum atomic E-state index is 9.29. The highest BCUT2D eigenvalue weighted by atomic mass is 32.1. The first kappa shape index (κ1) is 30.6. The molecular weight excluding hydrogens is 540 g/mol. The largest absolute Gasteiger partial charge is 0.497 e. The number of nitriles is 1. The van der Waals surface area contributed by atoms with E-state index in [0.717, 1.165) is 0 Å². The number of methoxy groups -OCH3 is 4. The van der Waals surface area contributed by atoms with Crippen LogP contribution in [0.1, 0.15) is 17.5 Å². The van der Waals surface area contributed by atoms with Crippen molar-refractivity contribution in [2.75, 3.05) is 42.5 Å². The number of amidine groups is 2. The van der Waals surface area contributed by atoms with E-state index >= 15 is 0 Å². The van der Waals surface area contributed by atoms with Gasteiger partial charge in [0.25, 0.3) is 0 Å². The fourth-order valence-corrected chi connectivity index (χ4v) is 4.05. The van der Waals surface area contributed by atoms with E-state index in [0.29, 0.717) is 44.1 Å². The predicted octanol–water partition coefficient (Wildman–Crippen LogP) is 3.15. The lowest BCUT2D eigenvalue weighted by Gasteiger charge is -2.25. The van der Waals surface area contributed by atoms with Gasteiger partial charge in [-0.15, -0.1) is 4.95 Å². The molecule has 39 heavy (non-hydrogen) atoms. The summed E-state index contributed by atoms with van der Waals surface area (Å²) < 4.78 is 21.5. The standard InChI is InChI=1S/C25H28N8O4S2/c1-27-29-25(19-13-17(35-5)9-11-21(19)37-7)33(3)31-23(39)14-22(38)30-32(2)24(28-15-26)18-12-16(34-4)8-10-20(18)36-6/h8-13H,14H2,2-7H3,(H,30,38)(H,31,39)/b28-24?,29-25+. The zero-order valence-corrected chi connectivity index (χ0v) is 23.9. The van der Waals surface area contributed by atoms with Crippen molar-refractivity contribution in [3.8, 4) is 29.2 Å². The molecule has 0 saturated heterocycles. The lowest BCUT2D eigenvalue weighted by atomic mass is 10.1. The zero-order chi connectivity index (χ0) is 28.9. The summed E-state index contributed by atoms with van der Waals surface area (Å²) in [5.74, 6) is 2.62. The number of nitrogens with one attached hydrogen (secondary N) is 2. The summed E-state index contributed by atoms with van der Waals surface area (Å²) >= 11 is 11.0. The Balaban J connectivity index is 2.17. The van der Waals surface area contributed by atoms with Gasteiger partial charge in [-0.1, -0.05) is 24.4 Å². The van der Waals surface area contributed by atoms with Crippen LogP contribution in [0.5, 0.6) is 23.0 Å². The van der Waals surface area contributed by atoms with E-state index in [-0.39, 0.29) is 18.1 Å². The van der Waals surface area contributed by atoms with Crippen LogP contribution in [-0.2, 0) is 0 Å². The minimum atomic E-state index is 0.134. The highest BCUT2D eigenvalue weighted by Gasteiger charge is 2.21. The number of nitrogens with zero attached hydrogens (tertiary/aromatic N) is 6. The average Bonchev–Trinajstić information content (AvgIpc) is 2.93. The van der Waals surface area contributed by atoms with Gasteiger partial charge in [0.05, 0.1) is 46.0 Å². The summed E-state index contributed by atoms with van der Waals surface area (Å²) in [4.78, 5) is 7.78. The van der Waals surface area contributed by atoms with E-state index in [9.17, 15) is 5.26 Å². The third-order valence-corrected chi connectivity index (χ3v) is 5.61. The molecule has 0 unspecified atom stereocenters. The summed E-state index contributed by atoms with van der Waals surface area (Å²) in [6.07, 6.45) is 1.93. The number of hydrogen-bond donors (Lipinski definition) is 2. The zero-order valence-electron chi connectivity index (χ0n) is 22.3. The molecule has 0 saturated carbocycles. The van der Waals surface area contributed by atoms with Crippen LogP contribution in [0, 0.1) is 18.0 Å².